The van der Waals surface area contributed by atoms with Crippen LogP contribution in [-0.4, -0.2) is 15.9 Å². The second-order valence-electron chi connectivity index (χ2n) is 6.79. The van der Waals surface area contributed by atoms with Gasteiger partial charge in [-0.1, -0.05) is 29.8 Å². The van der Waals surface area contributed by atoms with Crippen molar-refractivity contribution in [2.75, 3.05) is 11.1 Å². The van der Waals surface area contributed by atoms with E-state index < -0.39 is 0 Å². The quantitative estimate of drug-likeness (QED) is 0.461. The number of anilines is 2. The lowest BCUT2D eigenvalue weighted by Gasteiger charge is -2.17. The van der Waals surface area contributed by atoms with Crippen molar-refractivity contribution in [2.24, 2.45) is 0 Å². The Kier molecular flexibility index (Phi) is 5.50. The van der Waals surface area contributed by atoms with Crippen LogP contribution in [0, 0.1) is 0 Å². The minimum absolute atomic E-state index is 0.199. The molecule has 0 aliphatic heterocycles. The fourth-order valence-corrected chi connectivity index (χ4v) is 3.22. The van der Waals surface area contributed by atoms with E-state index in [1.165, 1.54) is 6.20 Å². The normalized spacial score (nSPS) is 11.8. The van der Waals surface area contributed by atoms with Gasteiger partial charge in [0.05, 0.1) is 10.5 Å². The summed E-state index contributed by atoms with van der Waals surface area (Å²) in [5.74, 6) is 0.477. The first-order valence-electron chi connectivity index (χ1n) is 9.33. The minimum atomic E-state index is -0.323. The van der Waals surface area contributed by atoms with Gasteiger partial charge in [0.15, 0.2) is 11.6 Å². The molecule has 1 amide bonds. The molecule has 3 N–H and O–H groups in total. The summed E-state index contributed by atoms with van der Waals surface area (Å²) in [6, 6.07) is 18.3. The summed E-state index contributed by atoms with van der Waals surface area (Å²) in [7, 11) is 0. The molecule has 7 heteroatoms. The molecule has 0 saturated heterocycles. The lowest BCUT2D eigenvalue weighted by molar-refractivity contribution is 0.102. The highest BCUT2D eigenvalue weighted by atomic mass is 35.5. The highest BCUT2D eigenvalue weighted by Crippen LogP contribution is 2.29. The van der Waals surface area contributed by atoms with Crippen molar-refractivity contribution in [3.63, 3.8) is 0 Å². The monoisotopic (exact) mass is 418 g/mol. The van der Waals surface area contributed by atoms with Crippen LogP contribution in [0.15, 0.2) is 73.1 Å². The van der Waals surface area contributed by atoms with E-state index in [-0.39, 0.29) is 17.8 Å². The van der Waals surface area contributed by atoms with Crippen LogP contribution in [0.25, 0.3) is 10.9 Å². The van der Waals surface area contributed by atoms with Gasteiger partial charge in [-0.05, 0) is 48.9 Å². The van der Waals surface area contributed by atoms with Crippen LogP contribution in [-0.2, 0) is 0 Å². The maximum atomic E-state index is 12.7. The molecular formula is C23H19ClN4O2. The first-order chi connectivity index (χ1) is 14.5. The van der Waals surface area contributed by atoms with E-state index in [0.717, 1.165) is 16.5 Å². The number of carbonyl (C=O) groups is 1. The van der Waals surface area contributed by atoms with Crippen molar-refractivity contribution in [2.45, 2.75) is 13.0 Å². The zero-order chi connectivity index (χ0) is 21.1. The molecule has 0 fully saturated rings. The smallest absolute Gasteiger partial charge is 0.255 e. The van der Waals surface area contributed by atoms with Gasteiger partial charge in [0.1, 0.15) is 6.10 Å². The standard InChI is InChI=1S/C23H19ClN4O2/c1-14(30-21-12-18(24)13-27-22(21)25)15-4-2-6-19(11-15)28-23(29)17-7-8-20-16(10-17)5-3-9-26-20/h2-14H,1H3,(H2,25,27)(H,28,29). The molecule has 1 unspecified atom stereocenters. The van der Waals surface area contributed by atoms with Gasteiger partial charge >= 0.3 is 0 Å². The lowest BCUT2D eigenvalue weighted by atomic mass is 10.1. The maximum absolute atomic E-state index is 12.7. The summed E-state index contributed by atoms with van der Waals surface area (Å²) in [6.45, 7) is 1.89. The van der Waals surface area contributed by atoms with Crippen molar-refractivity contribution in [3.05, 3.63) is 89.2 Å². The third-order valence-electron chi connectivity index (χ3n) is 4.63. The molecule has 0 radical (unpaired) electrons. The van der Waals surface area contributed by atoms with Crippen LogP contribution in [0.5, 0.6) is 5.75 Å². The number of pyridine rings is 2. The number of amides is 1. The van der Waals surface area contributed by atoms with Crippen LogP contribution in [0.3, 0.4) is 0 Å². The zero-order valence-corrected chi connectivity index (χ0v) is 16.9. The fourth-order valence-electron chi connectivity index (χ4n) is 3.07. The van der Waals surface area contributed by atoms with E-state index in [1.807, 2.05) is 55.5 Å². The van der Waals surface area contributed by atoms with Gasteiger partial charge in [-0.15, -0.1) is 0 Å². The summed E-state index contributed by atoms with van der Waals surface area (Å²) in [4.78, 5) is 21.0. The number of rotatable bonds is 5. The molecule has 0 aliphatic carbocycles. The van der Waals surface area contributed by atoms with E-state index >= 15 is 0 Å². The Labute approximate surface area is 178 Å². The first kappa shape index (κ1) is 19.7. The summed E-state index contributed by atoms with van der Waals surface area (Å²) in [6.07, 6.45) is 2.87. The number of benzene rings is 2. The molecule has 0 aliphatic rings. The molecule has 150 valence electrons. The van der Waals surface area contributed by atoms with E-state index in [1.54, 1.807) is 18.3 Å². The van der Waals surface area contributed by atoms with Gasteiger partial charge in [-0.2, -0.15) is 0 Å². The van der Waals surface area contributed by atoms with Crippen molar-refractivity contribution in [3.8, 4) is 5.75 Å². The molecule has 30 heavy (non-hydrogen) atoms. The molecule has 0 spiro atoms. The Balaban J connectivity index is 1.50. The predicted molar refractivity (Wildman–Crippen MR) is 119 cm³/mol. The number of hydrogen-bond donors (Lipinski definition) is 2. The van der Waals surface area contributed by atoms with Gasteiger partial charge in [-0.3, -0.25) is 9.78 Å². The number of halogens is 1. The minimum Gasteiger partial charge on any atom is -0.482 e. The summed E-state index contributed by atoms with van der Waals surface area (Å²) < 4.78 is 5.91. The topological polar surface area (TPSA) is 90.1 Å². The van der Waals surface area contributed by atoms with Gasteiger partial charge < -0.3 is 15.8 Å². The fraction of sp³-hybridized carbons (Fsp3) is 0.0870. The molecule has 4 aromatic rings. The van der Waals surface area contributed by atoms with Gasteiger partial charge in [0.2, 0.25) is 0 Å². The molecule has 0 bridgehead atoms. The third-order valence-corrected chi connectivity index (χ3v) is 4.84. The lowest BCUT2D eigenvalue weighted by Crippen LogP contribution is -2.12. The highest BCUT2D eigenvalue weighted by molar-refractivity contribution is 6.30. The molecule has 2 heterocycles. The van der Waals surface area contributed by atoms with Gasteiger partial charge in [0.25, 0.3) is 5.91 Å². The SMILES string of the molecule is CC(Oc1cc(Cl)cnc1N)c1cccc(NC(=O)c2ccc3ncccc3c2)c1. The molecule has 2 aromatic heterocycles. The molecule has 4 rings (SSSR count). The van der Waals surface area contributed by atoms with Gasteiger partial charge in [0, 0.05) is 35.1 Å². The molecule has 1 atom stereocenters. The van der Waals surface area contributed by atoms with Crippen molar-refractivity contribution >= 4 is 39.9 Å². The Bertz CT molecular complexity index is 1230. The number of ether oxygens (including phenoxy) is 1. The Morgan fingerprint density at radius 2 is 1.97 bits per heavy atom. The second kappa shape index (κ2) is 8.39. The second-order valence-corrected chi connectivity index (χ2v) is 7.22. The number of fused-ring (bicyclic) bond motifs is 1. The highest BCUT2D eigenvalue weighted by Gasteiger charge is 2.13. The number of nitrogens with zero attached hydrogens (tertiary/aromatic N) is 2. The number of nitrogens with two attached hydrogens (primary N) is 1. The van der Waals surface area contributed by atoms with Crippen molar-refractivity contribution in [1.82, 2.24) is 9.97 Å². The largest absolute Gasteiger partial charge is 0.482 e. The summed E-state index contributed by atoms with van der Waals surface area (Å²) in [5, 5.41) is 4.28. The first-order valence-corrected chi connectivity index (χ1v) is 9.71. The zero-order valence-electron chi connectivity index (χ0n) is 16.2. The van der Waals surface area contributed by atoms with Crippen LogP contribution < -0.4 is 15.8 Å². The Morgan fingerprint density at radius 1 is 1.10 bits per heavy atom. The van der Waals surface area contributed by atoms with E-state index in [0.29, 0.717) is 22.0 Å². The third kappa shape index (κ3) is 4.34. The number of aromatic nitrogens is 2. The number of carbonyl (C=O) groups excluding carboxylic acids is 1. The maximum Gasteiger partial charge on any atom is 0.255 e. The number of nitrogens with one attached hydrogen (secondary N) is 1. The van der Waals surface area contributed by atoms with Crippen molar-refractivity contribution < 1.29 is 9.53 Å². The number of hydrogen-bond acceptors (Lipinski definition) is 5. The molecular weight excluding hydrogens is 400 g/mol. The molecule has 0 saturated carbocycles. The Hall–Kier alpha value is -3.64. The van der Waals surface area contributed by atoms with E-state index in [2.05, 4.69) is 15.3 Å². The number of nitrogen functional groups attached to an aromatic ring is 1. The average Bonchev–Trinajstić information content (AvgIpc) is 2.76. The van der Waals surface area contributed by atoms with Crippen molar-refractivity contribution in [1.29, 1.82) is 0 Å². The van der Waals surface area contributed by atoms with Crippen LogP contribution in [0.1, 0.15) is 28.9 Å². The summed E-state index contributed by atoms with van der Waals surface area (Å²) in [5.41, 5.74) is 8.80. The van der Waals surface area contributed by atoms with Crippen LogP contribution in [0.4, 0.5) is 11.5 Å². The van der Waals surface area contributed by atoms with E-state index in [4.69, 9.17) is 22.1 Å². The van der Waals surface area contributed by atoms with Gasteiger partial charge in [-0.25, -0.2) is 4.98 Å². The molecule has 6 nitrogen and oxygen atoms in total. The summed E-state index contributed by atoms with van der Waals surface area (Å²) >= 11 is 5.97. The average molecular weight is 419 g/mol. The van der Waals surface area contributed by atoms with E-state index in [9.17, 15) is 4.79 Å². The van der Waals surface area contributed by atoms with Crippen LogP contribution in [0.2, 0.25) is 5.02 Å². The Morgan fingerprint density at radius 3 is 2.83 bits per heavy atom. The predicted octanol–water partition coefficient (Wildman–Crippen LogP) is 5.26. The molecule has 2 aromatic carbocycles. The van der Waals surface area contributed by atoms with Crippen LogP contribution >= 0.6 is 11.6 Å².